The second-order valence-electron chi connectivity index (χ2n) is 5.91. The molecule has 1 saturated carbocycles. The molecule has 0 aliphatic heterocycles. The van der Waals surface area contributed by atoms with Crippen molar-refractivity contribution in [1.29, 1.82) is 0 Å². The van der Waals surface area contributed by atoms with E-state index in [1.807, 2.05) is 11.3 Å². The quantitative estimate of drug-likeness (QED) is 0.842. The molecule has 2 unspecified atom stereocenters. The van der Waals surface area contributed by atoms with Crippen LogP contribution < -0.4 is 5.32 Å². The van der Waals surface area contributed by atoms with Crippen LogP contribution in [-0.2, 0) is 6.54 Å². The summed E-state index contributed by atoms with van der Waals surface area (Å²) in [4.78, 5) is 0. The first kappa shape index (κ1) is 13.1. The van der Waals surface area contributed by atoms with Crippen molar-refractivity contribution in [2.45, 2.75) is 39.2 Å². The lowest BCUT2D eigenvalue weighted by Gasteiger charge is -2.28. The van der Waals surface area contributed by atoms with Crippen LogP contribution in [0.15, 0.2) is 29.6 Å². The van der Waals surface area contributed by atoms with Gasteiger partial charge in [0.05, 0.1) is 0 Å². The molecule has 1 aliphatic rings. The van der Waals surface area contributed by atoms with E-state index in [9.17, 15) is 0 Å². The summed E-state index contributed by atoms with van der Waals surface area (Å²) in [7, 11) is 0. The van der Waals surface area contributed by atoms with Crippen molar-refractivity contribution in [1.82, 2.24) is 5.32 Å². The molecule has 1 fully saturated rings. The van der Waals surface area contributed by atoms with Gasteiger partial charge in [0.1, 0.15) is 0 Å². The molecule has 2 atom stereocenters. The van der Waals surface area contributed by atoms with Gasteiger partial charge in [-0.25, -0.2) is 0 Å². The van der Waals surface area contributed by atoms with Gasteiger partial charge < -0.3 is 5.32 Å². The van der Waals surface area contributed by atoms with Crippen LogP contribution in [0.2, 0.25) is 0 Å². The Hall–Kier alpha value is -0.860. The Labute approximate surface area is 120 Å². The first-order valence-corrected chi connectivity index (χ1v) is 8.38. The zero-order valence-electron chi connectivity index (χ0n) is 11.7. The van der Waals surface area contributed by atoms with Crippen molar-refractivity contribution in [3.63, 3.8) is 0 Å². The molecular formula is C17H23NS. The summed E-state index contributed by atoms with van der Waals surface area (Å²) in [5, 5.41) is 7.42. The normalized spacial score (nSPS) is 23.8. The minimum atomic E-state index is 0.888. The first-order chi connectivity index (χ1) is 9.34. The molecule has 2 heteroatoms. The van der Waals surface area contributed by atoms with E-state index >= 15 is 0 Å². The van der Waals surface area contributed by atoms with Crippen LogP contribution in [0.1, 0.15) is 38.2 Å². The van der Waals surface area contributed by atoms with Crippen molar-refractivity contribution in [2.24, 2.45) is 11.8 Å². The van der Waals surface area contributed by atoms with Crippen molar-refractivity contribution in [3.05, 3.63) is 35.2 Å². The van der Waals surface area contributed by atoms with Gasteiger partial charge in [0.25, 0.3) is 0 Å². The van der Waals surface area contributed by atoms with Crippen LogP contribution in [0.3, 0.4) is 0 Å². The molecule has 1 aromatic carbocycles. The maximum absolute atomic E-state index is 3.69. The SMILES string of the molecule is CC1CCCCC1CNCc1csc2ccccc12. The Morgan fingerprint density at radius 2 is 2.05 bits per heavy atom. The third kappa shape index (κ3) is 3.01. The van der Waals surface area contributed by atoms with E-state index in [1.54, 1.807) is 0 Å². The molecular weight excluding hydrogens is 250 g/mol. The summed E-state index contributed by atoms with van der Waals surface area (Å²) in [5.41, 5.74) is 1.46. The lowest BCUT2D eigenvalue weighted by Crippen LogP contribution is -2.29. The molecule has 0 amide bonds. The molecule has 0 saturated heterocycles. The standard InChI is InChI=1S/C17H23NS/c1-13-6-2-3-7-14(13)10-18-11-15-12-19-17-9-5-4-8-16(15)17/h4-5,8-9,12-14,18H,2-3,6-7,10-11H2,1H3. The van der Waals surface area contributed by atoms with E-state index in [4.69, 9.17) is 0 Å². The minimum absolute atomic E-state index is 0.888. The number of fused-ring (bicyclic) bond motifs is 1. The Bertz CT molecular complexity index is 531. The number of nitrogens with one attached hydrogen (secondary N) is 1. The number of benzene rings is 1. The number of hydrogen-bond acceptors (Lipinski definition) is 2. The monoisotopic (exact) mass is 273 g/mol. The molecule has 1 heterocycles. The number of thiophene rings is 1. The van der Waals surface area contributed by atoms with E-state index in [1.165, 1.54) is 47.9 Å². The Morgan fingerprint density at radius 3 is 2.95 bits per heavy atom. The average molecular weight is 273 g/mol. The van der Waals surface area contributed by atoms with Crippen LogP contribution in [0, 0.1) is 11.8 Å². The van der Waals surface area contributed by atoms with Crippen LogP contribution >= 0.6 is 11.3 Å². The molecule has 1 aromatic heterocycles. The van der Waals surface area contributed by atoms with Crippen LogP contribution in [0.25, 0.3) is 10.1 Å². The van der Waals surface area contributed by atoms with E-state index in [2.05, 4.69) is 41.9 Å². The molecule has 1 nitrogen and oxygen atoms in total. The fraction of sp³-hybridized carbons (Fsp3) is 0.529. The van der Waals surface area contributed by atoms with Crippen molar-refractivity contribution in [3.8, 4) is 0 Å². The number of rotatable bonds is 4. The Balaban J connectivity index is 1.57. The van der Waals surface area contributed by atoms with Gasteiger partial charge in [-0.1, -0.05) is 44.4 Å². The molecule has 102 valence electrons. The third-order valence-corrected chi connectivity index (χ3v) is 5.58. The second-order valence-corrected chi connectivity index (χ2v) is 6.82. The van der Waals surface area contributed by atoms with Gasteiger partial charge in [0.15, 0.2) is 0 Å². The highest BCUT2D eigenvalue weighted by Gasteiger charge is 2.20. The lowest BCUT2D eigenvalue weighted by molar-refractivity contribution is 0.248. The van der Waals surface area contributed by atoms with E-state index in [0.717, 1.165) is 18.4 Å². The van der Waals surface area contributed by atoms with Crippen molar-refractivity contribution in [2.75, 3.05) is 6.54 Å². The molecule has 0 radical (unpaired) electrons. The zero-order chi connectivity index (χ0) is 13.1. The fourth-order valence-corrected chi connectivity index (χ4v) is 4.22. The van der Waals surface area contributed by atoms with Crippen molar-refractivity contribution < 1.29 is 0 Å². The fourth-order valence-electron chi connectivity index (χ4n) is 3.26. The highest BCUT2D eigenvalue weighted by Crippen LogP contribution is 2.29. The second kappa shape index (κ2) is 6.06. The van der Waals surface area contributed by atoms with Gasteiger partial charge in [-0.05, 0) is 47.2 Å². The Kier molecular flexibility index (Phi) is 4.19. The van der Waals surface area contributed by atoms with Gasteiger partial charge in [0, 0.05) is 11.2 Å². The van der Waals surface area contributed by atoms with Gasteiger partial charge in [-0.2, -0.15) is 0 Å². The van der Waals surface area contributed by atoms with Crippen molar-refractivity contribution >= 4 is 21.4 Å². The van der Waals surface area contributed by atoms with Gasteiger partial charge in [-0.15, -0.1) is 11.3 Å². The maximum atomic E-state index is 3.69. The maximum Gasteiger partial charge on any atom is 0.0346 e. The van der Waals surface area contributed by atoms with Gasteiger partial charge >= 0.3 is 0 Å². The van der Waals surface area contributed by atoms with E-state index in [-0.39, 0.29) is 0 Å². The highest BCUT2D eigenvalue weighted by atomic mass is 32.1. The summed E-state index contributed by atoms with van der Waals surface area (Å²) < 4.78 is 1.41. The Morgan fingerprint density at radius 1 is 1.21 bits per heavy atom. The van der Waals surface area contributed by atoms with E-state index < -0.39 is 0 Å². The summed E-state index contributed by atoms with van der Waals surface area (Å²) in [5.74, 6) is 1.79. The highest BCUT2D eigenvalue weighted by molar-refractivity contribution is 7.17. The summed E-state index contributed by atoms with van der Waals surface area (Å²) in [6.45, 7) is 4.63. The molecule has 2 aromatic rings. The zero-order valence-corrected chi connectivity index (χ0v) is 12.5. The summed E-state index contributed by atoms with van der Waals surface area (Å²) in [6.07, 6.45) is 5.71. The smallest absolute Gasteiger partial charge is 0.0346 e. The number of hydrogen-bond donors (Lipinski definition) is 1. The van der Waals surface area contributed by atoms with Crippen LogP contribution in [0.4, 0.5) is 0 Å². The molecule has 0 spiro atoms. The molecule has 1 aliphatic carbocycles. The average Bonchev–Trinajstić information content (AvgIpc) is 2.85. The van der Waals surface area contributed by atoms with Crippen LogP contribution in [0.5, 0.6) is 0 Å². The van der Waals surface area contributed by atoms with Gasteiger partial charge in [-0.3, -0.25) is 0 Å². The summed E-state index contributed by atoms with van der Waals surface area (Å²) >= 11 is 1.86. The predicted molar refractivity (Wildman–Crippen MR) is 84.7 cm³/mol. The largest absolute Gasteiger partial charge is 0.312 e. The first-order valence-electron chi connectivity index (χ1n) is 7.50. The minimum Gasteiger partial charge on any atom is -0.312 e. The van der Waals surface area contributed by atoms with Gasteiger partial charge in [0.2, 0.25) is 0 Å². The van der Waals surface area contributed by atoms with Crippen LogP contribution in [-0.4, -0.2) is 6.54 Å². The molecule has 3 rings (SSSR count). The molecule has 19 heavy (non-hydrogen) atoms. The third-order valence-electron chi connectivity index (χ3n) is 4.57. The topological polar surface area (TPSA) is 12.0 Å². The summed E-state index contributed by atoms with van der Waals surface area (Å²) in [6, 6.07) is 8.72. The van der Waals surface area contributed by atoms with E-state index in [0.29, 0.717) is 0 Å². The predicted octanol–water partition coefficient (Wildman–Crippen LogP) is 4.82. The molecule has 0 bridgehead atoms. The lowest BCUT2D eigenvalue weighted by atomic mass is 9.80. The molecule has 1 N–H and O–H groups in total.